The van der Waals surface area contributed by atoms with Crippen LogP contribution in [0.4, 0.5) is 0 Å². The molecular formula is C6H8O. The van der Waals surface area contributed by atoms with Gasteiger partial charge in [0, 0.05) is 13.5 Å². The van der Waals surface area contributed by atoms with Crippen LogP contribution in [0.25, 0.3) is 0 Å². The van der Waals surface area contributed by atoms with Gasteiger partial charge in [-0.15, -0.1) is 0 Å². The summed E-state index contributed by atoms with van der Waals surface area (Å²) in [5.41, 5.74) is -0.0972. The predicted octanol–water partition coefficient (Wildman–Crippen LogP) is 0.799. The fraction of sp³-hybridized carbons (Fsp3) is 0.667. The van der Waals surface area contributed by atoms with Gasteiger partial charge in [0.25, 0.3) is 0 Å². The maximum atomic E-state index is 5.00. The summed E-state index contributed by atoms with van der Waals surface area (Å²) in [5.74, 6) is 5.78. The van der Waals surface area contributed by atoms with E-state index < -0.39 is 0 Å². The largest absolute Gasteiger partial charge is 0.365 e. The van der Waals surface area contributed by atoms with Gasteiger partial charge >= 0.3 is 0 Å². The third-order valence-corrected chi connectivity index (χ3v) is 1.23. The number of hydrogen-bond acceptors (Lipinski definition) is 1. The van der Waals surface area contributed by atoms with Gasteiger partial charge in [-0.25, -0.2) is 0 Å². The van der Waals surface area contributed by atoms with Crippen molar-refractivity contribution in [3.63, 3.8) is 0 Å². The maximum absolute atomic E-state index is 5.00. The monoisotopic (exact) mass is 96.1 g/mol. The second-order valence-corrected chi connectivity index (χ2v) is 1.91. The topological polar surface area (TPSA) is 9.23 Å². The maximum Gasteiger partial charge on any atom is 0.136 e. The first-order chi connectivity index (χ1) is 3.27. The van der Waals surface area contributed by atoms with Crippen molar-refractivity contribution in [2.24, 2.45) is 0 Å². The number of hydrogen-bond donors (Lipinski definition) is 0. The quantitative estimate of drug-likeness (QED) is 0.439. The number of rotatable bonds is 1. The minimum absolute atomic E-state index is 0.0972. The Morgan fingerprint density at radius 1 is 1.71 bits per heavy atom. The molecule has 0 saturated carbocycles. The smallest absolute Gasteiger partial charge is 0.136 e. The summed E-state index contributed by atoms with van der Waals surface area (Å²) < 4.78 is 5.00. The van der Waals surface area contributed by atoms with Crippen LogP contribution in [0.2, 0.25) is 0 Å². The highest BCUT2D eigenvalue weighted by molar-refractivity contribution is 5.26. The van der Waals surface area contributed by atoms with E-state index in [0.29, 0.717) is 0 Å². The molecule has 1 heteroatoms. The van der Waals surface area contributed by atoms with Crippen molar-refractivity contribution in [3.05, 3.63) is 0 Å². The molecule has 1 atom stereocenters. The molecule has 0 radical (unpaired) electrons. The van der Waals surface area contributed by atoms with E-state index in [1.807, 2.05) is 6.92 Å². The Hall–Kier alpha value is -0.480. The average Bonchev–Trinajstić information content (AvgIpc) is 1.61. The molecular weight excluding hydrogens is 88.1 g/mol. The van der Waals surface area contributed by atoms with E-state index in [-0.39, 0.29) is 5.60 Å². The first-order valence-corrected chi connectivity index (χ1v) is 2.32. The van der Waals surface area contributed by atoms with Crippen LogP contribution in [0.3, 0.4) is 0 Å². The van der Waals surface area contributed by atoms with Crippen molar-refractivity contribution >= 4 is 0 Å². The molecule has 0 saturated heterocycles. The number of methoxy groups -OCH3 is 1. The van der Waals surface area contributed by atoms with Crippen LogP contribution in [-0.4, -0.2) is 12.7 Å². The lowest BCUT2D eigenvalue weighted by Gasteiger charge is -2.23. The zero-order chi connectivity index (χ0) is 5.33. The standard InChI is InChI=1S/C6H8O/c1-6(7-2)4-3-5-6/h4H2,1-2H3. The van der Waals surface area contributed by atoms with Crippen molar-refractivity contribution in [1.29, 1.82) is 0 Å². The average molecular weight is 96.1 g/mol. The SMILES string of the molecule is COC1(C)C#CC1. The molecule has 1 aliphatic rings. The minimum atomic E-state index is -0.0972. The molecule has 1 unspecified atom stereocenters. The van der Waals surface area contributed by atoms with E-state index in [1.165, 1.54) is 0 Å². The zero-order valence-electron chi connectivity index (χ0n) is 4.62. The minimum Gasteiger partial charge on any atom is -0.365 e. The summed E-state index contributed by atoms with van der Waals surface area (Å²) in [5, 5.41) is 0. The summed E-state index contributed by atoms with van der Waals surface area (Å²) in [6.07, 6.45) is 0.892. The van der Waals surface area contributed by atoms with Gasteiger partial charge in [-0.2, -0.15) is 0 Å². The molecule has 0 N–H and O–H groups in total. The van der Waals surface area contributed by atoms with Gasteiger partial charge in [0.05, 0.1) is 0 Å². The van der Waals surface area contributed by atoms with Crippen molar-refractivity contribution in [2.45, 2.75) is 18.9 Å². The molecule has 1 rings (SSSR count). The molecule has 38 valence electrons. The van der Waals surface area contributed by atoms with Crippen LogP contribution in [0.15, 0.2) is 0 Å². The third kappa shape index (κ3) is 0.618. The first-order valence-electron chi connectivity index (χ1n) is 2.32. The van der Waals surface area contributed by atoms with E-state index in [4.69, 9.17) is 4.74 Å². The zero-order valence-corrected chi connectivity index (χ0v) is 4.62. The van der Waals surface area contributed by atoms with Crippen molar-refractivity contribution in [2.75, 3.05) is 7.11 Å². The third-order valence-electron chi connectivity index (χ3n) is 1.23. The Balaban J connectivity index is 2.54. The molecule has 7 heavy (non-hydrogen) atoms. The summed E-state index contributed by atoms with van der Waals surface area (Å²) in [6, 6.07) is 0. The molecule has 0 aromatic heterocycles. The summed E-state index contributed by atoms with van der Waals surface area (Å²) in [7, 11) is 1.69. The van der Waals surface area contributed by atoms with E-state index in [1.54, 1.807) is 7.11 Å². The predicted molar refractivity (Wildman–Crippen MR) is 27.8 cm³/mol. The second kappa shape index (κ2) is 1.24. The normalized spacial score (nSPS) is 35.7. The highest BCUT2D eigenvalue weighted by atomic mass is 16.5. The van der Waals surface area contributed by atoms with Gasteiger partial charge in [-0.05, 0) is 6.92 Å². The lowest BCUT2D eigenvalue weighted by atomic mass is 9.96. The molecule has 0 amide bonds. The molecule has 0 aromatic carbocycles. The van der Waals surface area contributed by atoms with Gasteiger partial charge in [0.15, 0.2) is 0 Å². The second-order valence-electron chi connectivity index (χ2n) is 1.91. The summed E-state index contributed by atoms with van der Waals surface area (Å²) in [4.78, 5) is 0. The molecule has 0 spiro atoms. The Morgan fingerprint density at radius 2 is 2.29 bits per heavy atom. The van der Waals surface area contributed by atoms with Crippen LogP contribution in [0.1, 0.15) is 13.3 Å². The Kier molecular flexibility index (Phi) is 0.831. The molecule has 0 aromatic rings. The van der Waals surface area contributed by atoms with Gasteiger partial charge < -0.3 is 4.74 Å². The van der Waals surface area contributed by atoms with Gasteiger partial charge in [0.2, 0.25) is 0 Å². The summed E-state index contributed by atoms with van der Waals surface area (Å²) >= 11 is 0. The van der Waals surface area contributed by atoms with Crippen molar-refractivity contribution in [3.8, 4) is 11.8 Å². The van der Waals surface area contributed by atoms with Gasteiger partial charge in [-0.3, -0.25) is 0 Å². The van der Waals surface area contributed by atoms with Crippen LogP contribution in [0.5, 0.6) is 0 Å². The van der Waals surface area contributed by atoms with Crippen LogP contribution in [0, 0.1) is 11.8 Å². The first kappa shape index (κ1) is 4.67. The van der Waals surface area contributed by atoms with Crippen LogP contribution < -0.4 is 0 Å². The van der Waals surface area contributed by atoms with E-state index in [0.717, 1.165) is 6.42 Å². The number of ether oxygens (including phenoxy) is 1. The Bertz CT molecular complexity index is 129. The Labute approximate surface area is 43.7 Å². The molecule has 0 fully saturated rings. The lowest BCUT2D eigenvalue weighted by Crippen LogP contribution is -2.29. The van der Waals surface area contributed by atoms with Crippen LogP contribution in [-0.2, 0) is 4.74 Å². The summed E-state index contributed by atoms with van der Waals surface area (Å²) in [6.45, 7) is 1.99. The van der Waals surface area contributed by atoms with Gasteiger partial charge in [-0.1, -0.05) is 11.8 Å². The highest BCUT2D eigenvalue weighted by Gasteiger charge is 2.23. The molecule has 1 nitrogen and oxygen atoms in total. The molecule has 0 bridgehead atoms. The molecule has 0 heterocycles. The fourth-order valence-corrected chi connectivity index (χ4v) is 0.461. The van der Waals surface area contributed by atoms with Crippen molar-refractivity contribution < 1.29 is 4.74 Å². The fourth-order valence-electron chi connectivity index (χ4n) is 0.461. The van der Waals surface area contributed by atoms with E-state index >= 15 is 0 Å². The van der Waals surface area contributed by atoms with Gasteiger partial charge in [0.1, 0.15) is 5.60 Å². The van der Waals surface area contributed by atoms with Crippen LogP contribution >= 0.6 is 0 Å². The highest BCUT2D eigenvalue weighted by Crippen LogP contribution is 2.17. The lowest BCUT2D eigenvalue weighted by molar-refractivity contribution is 0.0530. The van der Waals surface area contributed by atoms with E-state index in [9.17, 15) is 0 Å². The molecule has 0 aliphatic heterocycles. The van der Waals surface area contributed by atoms with Crippen molar-refractivity contribution in [1.82, 2.24) is 0 Å². The molecule has 1 aliphatic carbocycles. The van der Waals surface area contributed by atoms with E-state index in [2.05, 4.69) is 11.8 Å². The Morgan fingerprint density at radius 3 is 2.29 bits per heavy atom.